The molecule has 10 nitrogen and oxygen atoms in total. The highest BCUT2D eigenvalue weighted by Gasteiger charge is 2.45. The second kappa shape index (κ2) is 15.0. The topological polar surface area (TPSA) is 153 Å². The molecule has 42 heavy (non-hydrogen) atoms. The lowest BCUT2D eigenvalue weighted by molar-refractivity contribution is -0.231. The zero-order valence-corrected chi connectivity index (χ0v) is 24.3. The van der Waals surface area contributed by atoms with Gasteiger partial charge in [-0.1, -0.05) is 38.8 Å². The fourth-order valence-electron chi connectivity index (χ4n) is 5.33. The van der Waals surface area contributed by atoms with Crippen molar-refractivity contribution in [3.63, 3.8) is 0 Å². The van der Waals surface area contributed by atoms with E-state index in [1.54, 1.807) is 24.3 Å². The van der Waals surface area contributed by atoms with Crippen LogP contribution in [0.3, 0.4) is 0 Å². The molecule has 0 bridgehead atoms. The van der Waals surface area contributed by atoms with E-state index < -0.39 is 37.1 Å². The number of hydrogen-bond acceptors (Lipinski definition) is 10. The first-order valence-corrected chi connectivity index (χ1v) is 14.8. The largest absolute Gasteiger partial charge is 0.507 e. The van der Waals surface area contributed by atoms with Crippen LogP contribution in [0.4, 0.5) is 0 Å². The SMILES string of the molecule is CCCCN(CCCC)CCCOc1ccc(-c2coc3c([C@@H]4O[C@H](CO)[C@@H](O)[C@H](O)[C@H]4O)c(O)ccc3c2=O)cc1. The van der Waals surface area contributed by atoms with Gasteiger partial charge in [0.05, 0.1) is 29.7 Å². The first-order chi connectivity index (χ1) is 20.3. The summed E-state index contributed by atoms with van der Waals surface area (Å²) in [4.78, 5) is 16.0. The Hall–Kier alpha value is -2.99. The summed E-state index contributed by atoms with van der Waals surface area (Å²) >= 11 is 0. The predicted molar refractivity (Wildman–Crippen MR) is 159 cm³/mol. The summed E-state index contributed by atoms with van der Waals surface area (Å²) in [5.74, 6) is 0.371. The van der Waals surface area contributed by atoms with Gasteiger partial charge >= 0.3 is 0 Å². The molecule has 1 aliphatic rings. The molecular weight excluding hydrogens is 542 g/mol. The molecule has 10 heteroatoms. The van der Waals surface area contributed by atoms with Crippen molar-refractivity contribution in [2.24, 2.45) is 0 Å². The maximum atomic E-state index is 13.5. The maximum absolute atomic E-state index is 13.5. The number of unbranched alkanes of at least 4 members (excludes halogenated alkanes) is 2. The van der Waals surface area contributed by atoms with Gasteiger partial charge in [-0.25, -0.2) is 0 Å². The molecule has 1 aromatic heterocycles. The van der Waals surface area contributed by atoms with Crippen molar-refractivity contribution in [3.05, 3.63) is 58.4 Å². The highest BCUT2D eigenvalue weighted by molar-refractivity contribution is 5.86. The average Bonchev–Trinajstić information content (AvgIpc) is 3.00. The first kappa shape index (κ1) is 31.9. The van der Waals surface area contributed by atoms with Crippen molar-refractivity contribution in [2.75, 3.05) is 32.8 Å². The van der Waals surface area contributed by atoms with Crippen molar-refractivity contribution in [3.8, 4) is 22.6 Å². The maximum Gasteiger partial charge on any atom is 0.200 e. The molecule has 5 N–H and O–H groups in total. The van der Waals surface area contributed by atoms with Crippen LogP contribution >= 0.6 is 0 Å². The van der Waals surface area contributed by atoms with Gasteiger partial charge in [0.25, 0.3) is 0 Å². The molecule has 0 aliphatic carbocycles. The Balaban J connectivity index is 1.48. The summed E-state index contributed by atoms with van der Waals surface area (Å²) < 4.78 is 17.4. The number of nitrogens with zero attached hydrogens (tertiary/aromatic N) is 1. The van der Waals surface area contributed by atoms with Crippen molar-refractivity contribution in [1.82, 2.24) is 4.90 Å². The molecule has 3 aromatic rings. The van der Waals surface area contributed by atoms with Crippen molar-refractivity contribution in [1.29, 1.82) is 0 Å². The molecule has 1 aliphatic heterocycles. The fraction of sp³-hybridized carbons (Fsp3) is 0.531. The zero-order chi connectivity index (χ0) is 30.2. The smallest absolute Gasteiger partial charge is 0.200 e. The van der Waals surface area contributed by atoms with Crippen LogP contribution < -0.4 is 10.2 Å². The van der Waals surface area contributed by atoms with Gasteiger partial charge in [0.15, 0.2) is 0 Å². The van der Waals surface area contributed by atoms with Gasteiger partial charge in [-0.3, -0.25) is 4.79 Å². The molecule has 0 spiro atoms. The van der Waals surface area contributed by atoms with E-state index in [4.69, 9.17) is 13.9 Å². The van der Waals surface area contributed by atoms with E-state index >= 15 is 0 Å². The highest BCUT2D eigenvalue weighted by Crippen LogP contribution is 2.40. The van der Waals surface area contributed by atoms with E-state index in [0.717, 1.165) is 26.1 Å². The Morgan fingerprint density at radius 1 is 0.881 bits per heavy atom. The van der Waals surface area contributed by atoms with E-state index in [1.807, 2.05) is 0 Å². The molecule has 0 radical (unpaired) electrons. The summed E-state index contributed by atoms with van der Waals surface area (Å²) in [5, 5.41) is 51.3. The van der Waals surface area contributed by atoms with Crippen molar-refractivity contribution in [2.45, 2.75) is 76.5 Å². The van der Waals surface area contributed by atoms with Gasteiger partial charge < -0.3 is 44.3 Å². The molecule has 0 unspecified atom stereocenters. The Morgan fingerprint density at radius 3 is 2.19 bits per heavy atom. The van der Waals surface area contributed by atoms with E-state index in [2.05, 4.69) is 18.7 Å². The summed E-state index contributed by atoms with van der Waals surface area (Å²) in [6.07, 6.45) is -0.439. The quantitative estimate of drug-likeness (QED) is 0.178. The number of aromatic hydroxyl groups is 1. The van der Waals surface area contributed by atoms with Crippen LogP contribution in [-0.4, -0.2) is 87.7 Å². The lowest BCUT2D eigenvalue weighted by atomic mass is 9.89. The van der Waals surface area contributed by atoms with Crippen LogP contribution in [0.15, 0.2) is 51.9 Å². The number of fused-ring (bicyclic) bond motifs is 1. The molecule has 2 heterocycles. The number of aliphatic hydroxyl groups is 4. The Bertz CT molecular complexity index is 1330. The van der Waals surface area contributed by atoms with Crippen LogP contribution in [0.1, 0.15) is 57.6 Å². The van der Waals surface area contributed by atoms with Crippen LogP contribution in [0.2, 0.25) is 0 Å². The first-order valence-electron chi connectivity index (χ1n) is 14.8. The van der Waals surface area contributed by atoms with Gasteiger partial charge in [0.1, 0.15) is 53.9 Å². The van der Waals surface area contributed by atoms with Crippen LogP contribution in [0.25, 0.3) is 22.1 Å². The predicted octanol–water partition coefficient (Wildman–Crippen LogP) is 3.35. The number of hydrogen-bond donors (Lipinski definition) is 5. The number of benzene rings is 2. The normalized spacial score (nSPS) is 22.6. The molecule has 1 saturated heterocycles. The van der Waals surface area contributed by atoms with Crippen molar-refractivity contribution >= 4 is 11.0 Å². The zero-order valence-electron chi connectivity index (χ0n) is 24.3. The number of ether oxygens (including phenoxy) is 2. The van der Waals surface area contributed by atoms with E-state index in [1.165, 1.54) is 44.1 Å². The summed E-state index contributed by atoms with van der Waals surface area (Å²) in [6, 6.07) is 9.86. The number of phenolic OH excluding ortho intramolecular Hbond substituents is 1. The van der Waals surface area contributed by atoms with E-state index in [0.29, 0.717) is 23.5 Å². The number of rotatable bonds is 14. The van der Waals surface area contributed by atoms with Gasteiger partial charge in [-0.15, -0.1) is 0 Å². The molecule has 2 aromatic carbocycles. The number of aliphatic hydroxyl groups excluding tert-OH is 4. The Morgan fingerprint density at radius 2 is 1.55 bits per heavy atom. The third kappa shape index (κ3) is 7.14. The second-order valence-electron chi connectivity index (χ2n) is 10.9. The Kier molecular flexibility index (Phi) is 11.4. The van der Waals surface area contributed by atoms with Crippen LogP contribution in [-0.2, 0) is 4.74 Å². The Labute approximate surface area is 245 Å². The molecule has 0 saturated carbocycles. The van der Waals surface area contributed by atoms with Crippen LogP contribution in [0.5, 0.6) is 11.5 Å². The molecule has 1 fully saturated rings. The van der Waals surface area contributed by atoms with Crippen LogP contribution in [0, 0.1) is 0 Å². The second-order valence-corrected chi connectivity index (χ2v) is 10.9. The lowest BCUT2D eigenvalue weighted by Crippen LogP contribution is -2.55. The molecule has 5 atom stereocenters. The summed E-state index contributed by atoms with van der Waals surface area (Å²) in [5.41, 5.74) is 0.461. The van der Waals surface area contributed by atoms with Gasteiger partial charge in [-0.2, -0.15) is 0 Å². The average molecular weight is 586 g/mol. The van der Waals surface area contributed by atoms with E-state index in [9.17, 15) is 30.3 Å². The molecule has 0 amide bonds. The van der Waals surface area contributed by atoms with Gasteiger partial charge in [0, 0.05) is 6.54 Å². The van der Waals surface area contributed by atoms with E-state index in [-0.39, 0.29) is 27.7 Å². The minimum Gasteiger partial charge on any atom is -0.507 e. The lowest BCUT2D eigenvalue weighted by Gasteiger charge is -2.40. The minimum atomic E-state index is -1.65. The minimum absolute atomic E-state index is 0.0278. The third-order valence-electron chi connectivity index (χ3n) is 7.84. The molecule has 4 rings (SSSR count). The summed E-state index contributed by atoms with van der Waals surface area (Å²) in [7, 11) is 0. The standard InChI is InChI=1S/C32H43NO9/c1-3-5-14-33(15-6-4-2)16-7-17-40-21-10-8-20(9-11-21)23-19-41-31-22(27(23)36)12-13-24(35)26(31)32-30(39)29(38)28(37)25(18-34)42-32/h8-13,19,25,28-30,32,34-35,37-39H,3-7,14-18H2,1-2H3/t25-,28-,29+,30-,32+/m1/s1. The molecular formula is C32H43NO9. The molecule has 230 valence electrons. The monoisotopic (exact) mass is 585 g/mol. The number of phenols is 1. The highest BCUT2D eigenvalue weighted by atomic mass is 16.5. The third-order valence-corrected chi connectivity index (χ3v) is 7.84. The fourth-order valence-corrected chi connectivity index (χ4v) is 5.33. The van der Waals surface area contributed by atoms with Gasteiger partial charge in [-0.05, 0) is 62.2 Å². The summed E-state index contributed by atoms with van der Waals surface area (Å²) in [6.45, 7) is 7.61. The van der Waals surface area contributed by atoms with Crippen molar-refractivity contribution < 1.29 is 39.4 Å². The van der Waals surface area contributed by atoms with Gasteiger partial charge in [0.2, 0.25) is 5.43 Å².